The van der Waals surface area contributed by atoms with Gasteiger partial charge >= 0.3 is 0 Å². The van der Waals surface area contributed by atoms with E-state index in [0.29, 0.717) is 0 Å². The SMILES string of the molecule is Cc1cc(C)c(-n2ncc(C(N)=O)c2N)c(C)c1. The van der Waals surface area contributed by atoms with Crippen LogP contribution in [0.5, 0.6) is 0 Å². The van der Waals surface area contributed by atoms with E-state index in [0.717, 1.165) is 16.8 Å². The molecule has 18 heavy (non-hydrogen) atoms. The number of anilines is 1. The highest BCUT2D eigenvalue weighted by Gasteiger charge is 2.16. The number of nitrogen functional groups attached to an aromatic ring is 1. The van der Waals surface area contributed by atoms with Gasteiger partial charge in [0, 0.05) is 0 Å². The molecule has 1 aromatic heterocycles. The summed E-state index contributed by atoms with van der Waals surface area (Å²) in [5.41, 5.74) is 15.6. The number of amides is 1. The zero-order valence-corrected chi connectivity index (χ0v) is 10.7. The summed E-state index contributed by atoms with van der Waals surface area (Å²) in [5.74, 6) is -0.293. The molecule has 0 saturated carbocycles. The molecule has 0 aliphatic carbocycles. The summed E-state index contributed by atoms with van der Waals surface area (Å²) in [7, 11) is 0. The van der Waals surface area contributed by atoms with E-state index in [1.54, 1.807) is 4.68 Å². The molecular formula is C13H16N4O. The summed E-state index contributed by atoms with van der Waals surface area (Å²) in [6, 6.07) is 4.10. The molecule has 5 heteroatoms. The van der Waals surface area contributed by atoms with Gasteiger partial charge in [0.2, 0.25) is 0 Å². The quantitative estimate of drug-likeness (QED) is 0.838. The van der Waals surface area contributed by atoms with Crippen LogP contribution in [0.3, 0.4) is 0 Å². The van der Waals surface area contributed by atoms with E-state index in [9.17, 15) is 4.79 Å². The Bertz CT molecular complexity index is 605. The first kappa shape index (κ1) is 12.2. The number of nitrogens with zero attached hydrogens (tertiary/aromatic N) is 2. The maximum absolute atomic E-state index is 11.2. The van der Waals surface area contributed by atoms with Crippen molar-refractivity contribution in [3.63, 3.8) is 0 Å². The molecule has 4 N–H and O–H groups in total. The van der Waals surface area contributed by atoms with Crippen molar-refractivity contribution in [3.05, 3.63) is 40.6 Å². The molecule has 0 aliphatic rings. The summed E-state index contributed by atoms with van der Waals surface area (Å²) in [6.07, 6.45) is 1.40. The number of hydrogen-bond acceptors (Lipinski definition) is 3. The van der Waals surface area contributed by atoms with Gasteiger partial charge in [0.15, 0.2) is 0 Å². The Labute approximate surface area is 105 Å². The number of primary amides is 1. The predicted octanol–water partition coefficient (Wildman–Crippen LogP) is 1.48. The molecule has 0 saturated heterocycles. The fraction of sp³-hybridized carbons (Fsp3) is 0.231. The van der Waals surface area contributed by atoms with E-state index >= 15 is 0 Å². The highest BCUT2D eigenvalue weighted by Crippen LogP contribution is 2.24. The van der Waals surface area contributed by atoms with Gasteiger partial charge in [-0.1, -0.05) is 17.7 Å². The summed E-state index contributed by atoms with van der Waals surface area (Å²) in [6.45, 7) is 6.01. The van der Waals surface area contributed by atoms with Crippen LogP contribution < -0.4 is 11.5 Å². The molecule has 2 rings (SSSR count). The van der Waals surface area contributed by atoms with Gasteiger partial charge in [-0.2, -0.15) is 5.10 Å². The van der Waals surface area contributed by atoms with Gasteiger partial charge in [-0.15, -0.1) is 0 Å². The number of aryl methyl sites for hydroxylation is 3. The number of nitrogens with two attached hydrogens (primary N) is 2. The van der Waals surface area contributed by atoms with Crippen molar-refractivity contribution in [2.45, 2.75) is 20.8 Å². The topological polar surface area (TPSA) is 86.9 Å². The molecule has 2 aromatic rings. The van der Waals surface area contributed by atoms with Gasteiger partial charge in [0.05, 0.1) is 11.9 Å². The normalized spacial score (nSPS) is 10.6. The van der Waals surface area contributed by atoms with Gasteiger partial charge in [-0.25, -0.2) is 4.68 Å². The summed E-state index contributed by atoms with van der Waals surface area (Å²) in [4.78, 5) is 11.2. The van der Waals surface area contributed by atoms with Gasteiger partial charge < -0.3 is 11.5 Å². The lowest BCUT2D eigenvalue weighted by atomic mass is 10.1. The maximum atomic E-state index is 11.2. The molecule has 0 aliphatic heterocycles. The van der Waals surface area contributed by atoms with Gasteiger partial charge in [-0.05, 0) is 31.9 Å². The van der Waals surface area contributed by atoms with Crippen LogP contribution in [0.1, 0.15) is 27.0 Å². The minimum Gasteiger partial charge on any atom is -0.383 e. The fourth-order valence-electron chi connectivity index (χ4n) is 2.23. The lowest BCUT2D eigenvalue weighted by molar-refractivity contribution is 0.100. The second kappa shape index (κ2) is 4.18. The first-order valence-corrected chi connectivity index (χ1v) is 5.63. The third-order valence-corrected chi connectivity index (χ3v) is 2.92. The van der Waals surface area contributed by atoms with Crippen LogP contribution in [0.15, 0.2) is 18.3 Å². The zero-order chi connectivity index (χ0) is 13.4. The second-order valence-electron chi connectivity index (χ2n) is 4.47. The van der Waals surface area contributed by atoms with E-state index in [4.69, 9.17) is 11.5 Å². The van der Waals surface area contributed by atoms with Crippen LogP contribution in [0, 0.1) is 20.8 Å². The van der Waals surface area contributed by atoms with Crippen molar-refractivity contribution in [2.75, 3.05) is 5.73 Å². The molecular weight excluding hydrogens is 228 g/mol. The van der Waals surface area contributed by atoms with Crippen LogP contribution in [0.4, 0.5) is 5.82 Å². The van der Waals surface area contributed by atoms with Gasteiger partial charge in [0.25, 0.3) is 5.91 Å². The van der Waals surface area contributed by atoms with E-state index in [2.05, 4.69) is 5.10 Å². The Morgan fingerprint density at radius 3 is 2.22 bits per heavy atom. The Morgan fingerprint density at radius 1 is 1.22 bits per heavy atom. The standard InChI is InChI=1S/C13H16N4O/c1-7-4-8(2)11(9(3)5-7)17-12(14)10(6-16-17)13(15)18/h4-6H,14H2,1-3H3,(H2,15,18). The minimum absolute atomic E-state index is 0.245. The third-order valence-electron chi connectivity index (χ3n) is 2.92. The molecule has 5 nitrogen and oxygen atoms in total. The second-order valence-corrected chi connectivity index (χ2v) is 4.47. The van der Waals surface area contributed by atoms with Gasteiger partial charge in [0.1, 0.15) is 11.4 Å². The summed E-state index contributed by atoms with van der Waals surface area (Å²) in [5, 5.41) is 4.15. The summed E-state index contributed by atoms with van der Waals surface area (Å²) >= 11 is 0. The summed E-state index contributed by atoms with van der Waals surface area (Å²) < 4.78 is 1.56. The Kier molecular flexibility index (Phi) is 2.82. The molecule has 0 spiro atoms. The highest BCUT2D eigenvalue weighted by molar-refractivity contribution is 5.97. The third kappa shape index (κ3) is 1.84. The van der Waals surface area contributed by atoms with Crippen LogP contribution in [0.2, 0.25) is 0 Å². The first-order chi connectivity index (χ1) is 8.41. The van der Waals surface area contributed by atoms with Gasteiger partial charge in [-0.3, -0.25) is 4.79 Å². The van der Waals surface area contributed by atoms with E-state index < -0.39 is 5.91 Å². The monoisotopic (exact) mass is 244 g/mol. The first-order valence-electron chi connectivity index (χ1n) is 5.63. The van der Waals surface area contributed by atoms with E-state index in [1.165, 1.54) is 11.8 Å². The molecule has 1 aromatic carbocycles. The molecule has 0 atom stereocenters. The Morgan fingerprint density at radius 2 is 1.78 bits per heavy atom. The van der Waals surface area contributed by atoms with Crippen molar-refractivity contribution < 1.29 is 4.79 Å². The number of rotatable bonds is 2. The van der Waals surface area contributed by atoms with E-state index in [1.807, 2.05) is 32.9 Å². The average Bonchev–Trinajstić information content (AvgIpc) is 2.59. The molecule has 1 heterocycles. The number of benzene rings is 1. The maximum Gasteiger partial charge on any atom is 0.254 e. The minimum atomic E-state index is -0.568. The Balaban J connectivity index is 2.67. The largest absolute Gasteiger partial charge is 0.383 e. The van der Waals surface area contributed by atoms with Crippen molar-refractivity contribution in [1.82, 2.24) is 9.78 Å². The average molecular weight is 244 g/mol. The lowest BCUT2D eigenvalue weighted by Gasteiger charge is -2.12. The van der Waals surface area contributed by atoms with E-state index in [-0.39, 0.29) is 11.4 Å². The smallest absolute Gasteiger partial charge is 0.254 e. The lowest BCUT2D eigenvalue weighted by Crippen LogP contribution is -2.14. The van der Waals surface area contributed by atoms with Crippen LogP contribution in [0.25, 0.3) is 5.69 Å². The zero-order valence-electron chi connectivity index (χ0n) is 10.7. The van der Waals surface area contributed by atoms with Crippen molar-refractivity contribution >= 4 is 11.7 Å². The van der Waals surface area contributed by atoms with Crippen LogP contribution in [-0.4, -0.2) is 15.7 Å². The van der Waals surface area contributed by atoms with Crippen LogP contribution >= 0.6 is 0 Å². The number of aromatic nitrogens is 2. The molecule has 0 bridgehead atoms. The van der Waals surface area contributed by atoms with Crippen molar-refractivity contribution in [3.8, 4) is 5.69 Å². The predicted molar refractivity (Wildman–Crippen MR) is 70.7 cm³/mol. The number of carbonyl (C=O) groups excluding carboxylic acids is 1. The fourth-order valence-corrected chi connectivity index (χ4v) is 2.23. The number of hydrogen-bond donors (Lipinski definition) is 2. The van der Waals surface area contributed by atoms with Crippen LogP contribution in [-0.2, 0) is 0 Å². The number of carbonyl (C=O) groups is 1. The molecule has 0 radical (unpaired) electrons. The molecule has 94 valence electrons. The molecule has 0 fully saturated rings. The highest BCUT2D eigenvalue weighted by atomic mass is 16.1. The molecule has 0 unspecified atom stereocenters. The van der Waals surface area contributed by atoms with Crippen molar-refractivity contribution in [2.24, 2.45) is 5.73 Å². The Hall–Kier alpha value is -2.30. The van der Waals surface area contributed by atoms with Crippen molar-refractivity contribution in [1.29, 1.82) is 0 Å². The molecule has 1 amide bonds.